The molecule has 1 N–H and O–H groups in total. The van der Waals surface area contributed by atoms with Gasteiger partial charge in [0, 0.05) is 12.1 Å². The van der Waals surface area contributed by atoms with Crippen molar-refractivity contribution in [2.75, 3.05) is 19.6 Å². The van der Waals surface area contributed by atoms with Crippen molar-refractivity contribution in [1.29, 1.82) is 0 Å². The predicted molar refractivity (Wildman–Crippen MR) is 75.7 cm³/mol. The van der Waals surface area contributed by atoms with Gasteiger partial charge in [-0.15, -0.1) is 0 Å². The van der Waals surface area contributed by atoms with Crippen LogP contribution in [0.4, 0.5) is 4.39 Å². The highest BCUT2D eigenvalue weighted by Crippen LogP contribution is 2.27. The lowest BCUT2D eigenvalue weighted by Crippen LogP contribution is -2.38. The highest BCUT2D eigenvalue weighted by atomic mass is 19.1. The van der Waals surface area contributed by atoms with Crippen LogP contribution in [0.2, 0.25) is 0 Å². The van der Waals surface area contributed by atoms with Crippen LogP contribution in [0, 0.1) is 5.82 Å². The number of hydrogen-bond acceptors (Lipinski definition) is 5. The summed E-state index contributed by atoms with van der Waals surface area (Å²) in [6.07, 6.45) is 1.76. The minimum atomic E-state index is -0.841. The van der Waals surface area contributed by atoms with Crippen LogP contribution < -0.4 is 0 Å². The Morgan fingerprint density at radius 2 is 2.36 bits per heavy atom. The van der Waals surface area contributed by atoms with Gasteiger partial charge < -0.3 is 9.63 Å². The molecule has 1 aromatic carbocycles. The third-order valence-corrected chi connectivity index (χ3v) is 3.74. The molecule has 3 rings (SSSR count). The normalized spacial score (nSPS) is 19.2. The summed E-state index contributed by atoms with van der Waals surface area (Å²) in [5.41, 5.74) is 0.563. The van der Waals surface area contributed by atoms with Crippen LogP contribution in [0.3, 0.4) is 0 Å². The third kappa shape index (κ3) is 3.30. The van der Waals surface area contributed by atoms with Crippen molar-refractivity contribution in [2.24, 2.45) is 0 Å². The molecule has 0 radical (unpaired) electrons. The highest BCUT2D eigenvalue weighted by molar-refractivity contribution is 5.69. The molecular weight excluding hydrogens is 289 g/mol. The number of benzene rings is 1. The van der Waals surface area contributed by atoms with E-state index in [-0.39, 0.29) is 18.3 Å². The first-order chi connectivity index (χ1) is 10.6. The lowest BCUT2D eigenvalue weighted by molar-refractivity contribution is -0.138. The molecule has 1 aliphatic heterocycles. The van der Waals surface area contributed by atoms with E-state index in [0.717, 1.165) is 19.4 Å². The molecule has 0 unspecified atom stereocenters. The number of carbonyl (C=O) groups is 1. The van der Waals surface area contributed by atoms with E-state index in [0.29, 0.717) is 23.8 Å². The number of aliphatic carboxylic acids is 1. The fourth-order valence-electron chi connectivity index (χ4n) is 2.74. The minimum absolute atomic E-state index is 0.0153. The van der Waals surface area contributed by atoms with Gasteiger partial charge in [0.15, 0.2) is 0 Å². The number of piperidine rings is 1. The van der Waals surface area contributed by atoms with Crippen LogP contribution >= 0.6 is 0 Å². The van der Waals surface area contributed by atoms with Gasteiger partial charge >= 0.3 is 5.97 Å². The molecule has 0 saturated carbocycles. The summed E-state index contributed by atoms with van der Waals surface area (Å²) in [6, 6.07) is 6.02. The summed E-state index contributed by atoms with van der Waals surface area (Å²) in [6.45, 7) is 1.35. The molecule has 22 heavy (non-hydrogen) atoms. The quantitative estimate of drug-likeness (QED) is 0.932. The number of aromatic nitrogens is 2. The molecule has 6 nitrogen and oxygen atoms in total. The summed E-state index contributed by atoms with van der Waals surface area (Å²) in [5, 5.41) is 12.8. The summed E-state index contributed by atoms with van der Waals surface area (Å²) in [4.78, 5) is 17.0. The van der Waals surface area contributed by atoms with E-state index < -0.39 is 5.97 Å². The number of hydrogen-bond donors (Lipinski definition) is 1. The number of carboxylic acid groups (broad SMARTS) is 1. The Labute approximate surface area is 126 Å². The van der Waals surface area contributed by atoms with E-state index >= 15 is 0 Å². The van der Waals surface area contributed by atoms with Gasteiger partial charge in [-0.2, -0.15) is 4.98 Å². The number of nitrogens with zero attached hydrogens (tertiary/aromatic N) is 3. The van der Waals surface area contributed by atoms with Crippen LogP contribution in [0.15, 0.2) is 28.8 Å². The van der Waals surface area contributed by atoms with Gasteiger partial charge in [0.2, 0.25) is 11.7 Å². The second-order valence-electron chi connectivity index (χ2n) is 5.43. The largest absolute Gasteiger partial charge is 0.480 e. The van der Waals surface area contributed by atoms with Crippen molar-refractivity contribution < 1.29 is 18.8 Å². The van der Waals surface area contributed by atoms with Crippen LogP contribution in [0.25, 0.3) is 11.4 Å². The van der Waals surface area contributed by atoms with E-state index in [9.17, 15) is 9.18 Å². The van der Waals surface area contributed by atoms with E-state index in [4.69, 9.17) is 9.63 Å². The minimum Gasteiger partial charge on any atom is -0.480 e. The first kappa shape index (κ1) is 14.6. The zero-order valence-corrected chi connectivity index (χ0v) is 11.9. The molecule has 2 heterocycles. The Hall–Kier alpha value is -2.28. The topological polar surface area (TPSA) is 79.5 Å². The van der Waals surface area contributed by atoms with Crippen LogP contribution in [0.1, 0.15) is 24.7 Å². The lowest BCUT2D eigenvalue weighted by Gasteiger charge is -2.29. The fourth-order valence-corrected chi connectivity index (χ4v) is 2.74. The summed E-state index contributed by atoms with van der Waals surface area (Å²) in [7, 11) is 0. The molecule has 0 bridgehead atoms. The number of halogens is 1. The Morgan fingerprint density at radius 1 is 1.50 bits per heavy atom. The molecule has 2 aromatic rings. The summed E-state index contributed by atoms with van der Waals surface area (Å²) < 4.78 is 18.5. The van der Waals surface area contributed by atoms with Gasteiger partial charge in [0.25, 0.3) is 0 Å². The van der Waals surface area contributed by atoms with Crippen molar-refractivity contribution in [3.05, 3.63) is 36.0 Å². The molecule has 0 aliphatic carbocycles. The maximum Gasteiger partial charge on any atom is 0.317 e. The predicted octanol–water partition coefficient (Wildman–Crippen LogP) is 2.14. The summed E-state index contributed by atoms with van der Waals surface area (Å²) >= 11 is 0. The van der Waals surface area contributed by atoms with E-state index in [1.165, 1.54) is 12.1 Å². The monoisotopic (exact) mass is 305 g/mol. The van der Waals surface area contributed by atoms with Gasteiger partial charge in [-0.1, -0.05) is 17.3 Å². The van der Waals surface area contributed by atoms with Crippen molar-refractivity contribution in [3.8, 4) is 11.4 Å². The average molecular weight is 305 g/mol. The molecule has 1 fully saturated rings. The molecule has 0 spiro atoms. The second kappa shape index (κ2) is 6.23. The smallest absolute Gasteiger partial charge is 0.317 e. The number of likely N-dealkylation sites (tertiary alicyclic amines) is 1. The van der Waals surface area contributed by atoms with Crippen LogP contribution in [-0.2, 0) is 4.79 Å². The van der Waals surface area contributed by atoms with Gasteiger partial charge in [0.05, 0.1) is 12.5 Å². The molecule has 1 aliphatic rings. The van der Waals surface area contributed by atoms with E-state index in [1.54, 1.807) is 12.1 Å². The molecule has 1 aromatic heterocycles. The van der Waals surface area contributed by atoms with Crippen LogP contribution in [0.5, 0.6) is 0 Å². The fraction of sp³-hybridized carbons (Fsp3) is 0.400. The van der Waals surface area contributed by atoms with Crippen molar-refractivity contribution >= 4 is 5.97 Å². The third-order valence-electron chi connectivity index (χ3n) is 3.74. The molecule has 1 saturated heterocycles. The van der Waals surface area contributed by atoms with Gasteiger partial charge in [0.1, 0.15) is 5.82 Å². The molecule has 116 valence electrons. The van der Waals surface area contributed by atoms with E-state index in [1.807, 2.05) is 4.90 Å². The van der Waals surface area contributed by atoms with Crippen molar-refractivity contribution in [2.45, 2.75) is 18.8 Å². The first-order valence-corrected chi connectivity index (χ1v) is 7.15. The number of rotatable bonds is 4. The summed E-state index contributed by atoms with van der Waals surface area (Å²) in [5.74, 6) is -0.345. The van der Waals surface area contributed by atoms with E-state index in [2.05, 4.69) is 10.1 Å². The maximum absolute atomic E-state index is 13.2. The average Bonchev–Trinajstić information content (AvgIpc) is 2.97. The first-order valence-electron chi connectivity index (χ1n) is 7.15. The lowest BCUT2D eigenvalue weighted by atomic mass is 9.98. The van der Waals surface area contributed by atoms with Gasteiger partial charge in [-0.05, 0) is 31.5 Å². The number of carboxylic acids is 1. The zero-order valence-electron chi connectivity index (χ0n) is 11.9. The SMILES string of the molecule is O=C(O)CN1CCC[C@H](c2nc(-c3cccc(F)c3)no2)C1. The standard InChI is InChI=1S/C15H16FN3O3/c16-12-5-1-3-10(7-12)14-17-15(22-18-14)11-4-2-6-19(8-11)9-13(20)21/h1,3,5,7,11H,2,4,6,8-9H2,(H,20,21)/t11-/m0/s1. The Balaban J connectivity index is 1.74. The van der Waals surface area contributed by atoms with Gasteiger partial charge in [-0.3, -0.25) is 9.69 Å². The van der Waals surface area contributed by atoms with Crippen molar-refractivity contribution in [1.82, 2.24) is 15.0 Å². The van der Waals surface area contributed by atoms with Crippen molar-refractivity contribution in [3.63, 3.8) is 0 Å². The molecule has 1 atom stereocenters. The van der Waals surface area contributed by atoms with Crippen LogP contribution in [-0.4, -0.2) is 45.8 Å². The Morgan fingerprint density at radius 3 is 3.14 bits per heavy atom. The molecule has 0 amide bonds. The second-order valence-corrected chi connectivity index (χ2v) is 5.43. The zero-order chi connectivity index (χ0) is 15.5. The molecular formula is C15H16FN3O3. The highest BCUT2D eigenvalue weighted by Gasteiger charge is 2.27. The maximum atomic E-state index is 13.2. The molecule has 7 heteroatoms. The Bertz CT molecular complexity index is 674. The Kier molecular flexibility index (Phi) is 4.15. The van der Waals surface area contributed by atoms with Gasteiger partial charge in [-0.25, -0.2) is 4.39 Å².